The van der Waals surface area contributed by atoms with Crippen LogP contribution in [0.15, 0.2) is 18.2 Å². The van der Waals surface area contributed by atoms with Crippen LogP contribution in [-0.2, 0) is 11.8 Å². The number of rotatable bonds is 5. The van der Waals surface area contributed by atoms with Crippen molar-refractivity contribution in [3.63, 3.8) is 0 Å². The number of ether oxygens (including phenoxy) is 1. The predicted molar refractivity (Wildman–Crippen MR) is 109 cm³/mol. The van der Waals surface area contributed by atoms with Crippen molar-refractivity contribution >= 4 is 28.6 Å². The van der Waals surface area contributed by atoms with E-state index in [1.54, 1.807) is 20.8 Å². The van der Waals surface area contributed by atoms with Crippen LogP contribution in [0, 0.1) is 13.8 Å². The fraction of sp³-hybridized carbons (Fsp3) is 0.381. The number of aromatic amines is 1. The Bertz CT molecular complexity index is 1060. The summed E-state index contributed by atoms with van der Waals surface area (Å²) in [7, 11) is 1.99. The number of fused-ring (bicyclic) bond motifs is 1. The lowest BCUT2D eigenvalue weighted by Crippen LogP contribution is -2.14. The van der Waals surface area contributed by atoms with Crippen molar-refractivity contribution in [1.29, 1.82) is 0 Å². The van der Waals surface area contributed by atoms with Crippen molar-refractivity contribution in [2.24, 2.45) is 7.05 Å². The maximum absolute atomic E-state index is 12.9. The first-order valence-electron chi connectivity index (χ1n) is 9.38. The van der Waals surface area contributed by atoms with Crippen LogP contribution in [0.2, 0.25) is 0 Å². The second-order valence-corrected chi connectivity index (χ2v) is 7.19. The van der Waals surface area contributed by atoms with Crippen molar-refractivity contribution in [3.05, 3.63) is 46.5 Å². The Labute approximate surface area is 164 Å². The van der Waals surface area contributed by atoms with E-state index in [0.29, 0.717) is 34.1 Å². The highest BCUT2D eigenvalue weighted by atomic mass is 16.5. The lowest BCUT2D eigenvalue weighted by atomic mass is 10.1. The minimum atomic E-state index is -0.460. The second kappa shape index (κ2) is 7.50. The van der Waals surface area contributed by atoms with Crippen molar-refractivity contribution in [2.75, 3.05) is 11.9 Å². The topological polar surface area (TPSA) is 89.0 Å². The SMILES string of the molecule is CCOC(=O)c1[nH]c(C)c(C(=O)Nc2ccc3c(c2)nc(C(C)C)n3C)c1C. The van der Waals surface area contributed by atoms with Gasteiger partial charge in [-0.3, -0.25) is 4.79 Å². The van der Waals surface area contributed by atoms with Gasteiger partial charge in [-0.25, -0.2) is 9.78 Å². The number of esters is 1. The molecule has 0 aliphatic heterocycles. The first-order valence-corrected chi connectivity index (χ1v) is 9.38. The number of benzene rings is 1. The first-order chi connectivity index (χ1) is 13.2. The van der Waals surface area contributed by atoms with E-state index >= 15 is 0 Å². The third-order valence-corrected chi connectivity index (χ3v) is 4.83. The monoisotopic (exact) mass is 382 g/mol. The molecule has 7 nitrogen and oxygen atoms in total. The Morgan fingerprint density at radius 1 is 1.29 bits per heavy atom. The van der Waals surface area contributed by atoms with Gasteiger partial charge in [0.1, 0.15) is 11.5 Å². The smallest absolute Gasteiger partial charge is 0.355 e. The number of H-pyrrole nitrogens is 1. The van der Waals surface area contributed by atoms with Crippen LogP contribution < -0.4 is 5.32 Å². The van der Waals surface area contributed by atoms with Gasteiger partial charge in [0.25, 0.3) is 5.91 Å². The molecule has 0 saturated carbocycles. The Kier molecular flexibility index (Phi) is 5.27. The molecule has 0 saturated heterocycles. The van der Waals surface area contributed by atoms with Crippen LogP contribution >= 0.6 is 0 Å². The van der Waals surface area contributed by atoms with Gasteiger partial charge in [-0.2, -0.15) is 0 Å². The van der Waals surface area contributed by atoms with E-state index in [-0.39, 0.29) is 12.5 Å². The standard InChI is InChI=1S/C21H26N4O3/c1-7-28-21(27)18-12(4)17(13(5)22-18)20(26)23-14-8-9-16-15(10-14)24-19(11(2)3)25(16)6/h8-11,22H,7H2,1-6H3,(H,23,26). The quantitative estimate of drug-likeness (QED) is 0.651. The highest BCUT2D eigenvalue weighted by Crippen LogP contribution is 2.25. The van der Waals surface area contributed by atoms with Gasteiger partial charge >= 0.3 is 5.97 Å². The van der Waals surface area contributed by atoms with Crippen LogP contribution in [0.25, 0.3) is 11.0 Å². The molecule has 2 heterocycles. The number of aromatic nitrogens is 3. The maximum Gasteiger partial charge on any atom is 0.355 e. The summed E-state index contributed by atoms with van der Waals surface area (Å²) in [6.07, 6.45) is 0. The van der Waals surface area contributed by atoms with Gasteiger partial charge in [-0.05, 0) is 44.5 Å². The summed E-state index contributed by atoms with van der Waals surface area (Å²) in [4.78, 5) is 32.6. The van der Waals surface area contributed by atoms with Gasteiger partial charge in [-0.15, -0.1) is 0 Å². The van der Waals surface area contributed by atoms with Gasteiger partial charge < -0.3 is 19.6 Å². The molecule has 1 aromatic carbocycles. The minimum Gasteiger partial charge on any atom is -0.461 e. The number of nitrogens with zero attached hydrogens (tertiary/aromatic N) is 2. The Hall–Kier alpha value is -3.09. The maximum atomic E-state index is 12.9. The molecule has 0 aliphatic rings. The molecule has 0 atom stereocenters. The average molecular weight is 382 g/mol. The number of amides is 1. The van der Waals surface area contributed by atoms with Crippen molar-refractivity contribution in [3.8, 4) is 0 Å². The summed E-state index contributed by atoms with van der Waals surface area (Å²) in [5, 5.41) is 2.91. The van der Waals surface area contributed by atoms with E-state index in [2.05, 4.69) is 33.7 Å². The summed E-state index contributed by atoms with van der Waals surface area (Å²) in [6.45, 7) is 9.73. The van der Waals surface area contributed by atoms with Gasteiger partial charge in [0.15, 0.2) is 0 Å². The molecule has 0 unspecified atom stereocenters. The molecule has 3 rings (SSSR count). The summed E-state index contributed by atoms with van der Waals surface area (Å²) in [6, 6.07) is 5.67. The number of nitrogens with one attached hydrogen (secondary N) is 2. The molecule has 3 aromatic rings. The highest BCUT2D eigenvalue weighted by molar-refractivity contribution is 6.08. The molecule has 2 N–H and O–H groups in total. The summed E-state index contributed by atoms with van der Waals surface area (Å²) < 4.78 is 7.11. The van der Waals surface area contributed by atoms with Crippen molar-refractivity contribution in [1.82, 2.24) is 14.5 Å². The molecule has 0 bridgehead atoms. The van der Waals surface area contributed by atoms with E-state index in [4.69, 9.17) is 4.74 Å². The third kappa shape index (κ3) is 3.40. The molecular formula is C21H26N4O3. The predicted octanol–water partition coefficient (Wildman–Crippen LogP) is 4.07. The van der Waals surface area contributed by atoms with Crippen LogP contribution in [0.4, 0.5) is 5.69 Å². The lowest BCUT2D eigenvalue weighted by molar-refractivity contribution is 0.0519. The molecule has 0 fully saturated rings. The number of carbonyl (C=O) groups excluding carboxylic acids is 2. The number of anilines is 1. The average Bonchev–Trinajstić information content (AvgIpc) is 3.11. The third-order valence-electron chi connectivity index (χ3n) is 4.83. The number of hydrogen-bond acceptors (Lipinski definition) is 4. The van der Waals surface area contributed by atoms with E-state index in [0.717, 1.165) is 16.9 Å². The Morgan fingerprint density at radius 3 is 2.64 bits per heavy atom. The molecule has 1 amide bonds. The molecule has 2 aromatic heterocycles. The number of aryl methyl sites for hydroxylation is 2. The van der Waals surface area contributed by atoms with Gasteiger partial charge in [-0.1, -0.05) is 13.8 Å². The van der Waals surface area contributed by atoms with Gasteiger partial charge in [0.05, 0.1) is 23.2 Å². The van der Waals surface area contributed by atoms with Crippen LogP contribution in [0.1, 0.15) is 64.6 Å². The Balaban J connectivity index is 1.90. The van der Waals surface area contributed by atoms with E-state index in [1.165, 1.54) is 0 Å². The fourth-order valence-electron chi connectivity index (χ4n) is 3.50. The molecule has 0 aliphatic carbocycles. The zero-order valence-corrected chi connectivity index (χ0v) is 17.1. The van der Waals surface area contributed by atoms with Crippen LogP contribution in [-0.4, -0.2) is 33.0 Å². The molecule has 28 heavy (non-hydrogen) atoms. The first kappa shape index (κ1) is 19.7. The van der Waals surface area contributed by atoms with Crippen molar-refractivity contribution < 1.29 is 14.3 Å². The zero-order chi connectivity index (χ0) is 20.6. The van der Waals surface area contributed by atoms with Gasteiger partial charge in [0, 0.05) is 24.3 Å². The van der Waals surface area contributed by atoms with E-state index < -0.39 is 5.97 Å². The summed E-state index contributed by atoms with van der Waals surface area (Å²) >= 11 is 0. The minimum absolute atomic E-state index is 0.277. The number of imidazole rings is 1. The lowest BCUT2D eigenvalue weighted by Gasteiger charge is -2.07. The zero-order valence-electron chi connectivity index (χ0n) is 17.1. The highest BCUT2D eigenvalue weighted by Gasteiger charge is 2.23. The normalized spacial score (nSPS) is 11.2. The molecule has 7 heteroatoms. The van der Waals surface area contributed by atoms with Crippen LogP contribution in [0.5, 0.6) is 0 Å². The molecular weight excluding hydrogens is 356 g/mol. The second-order valence-electron chi connectivity index (χ2n) is 7.19. The Morgan fingerprint density at radius 2 is 2.00 bits per heavy atom. The largest absolute Gasteiger partial charge is 0.461 e. The number of carbonyl (C=O) groups is 2. The molecule has 148 valence electrons. The van der Waals surface area contributed by atoms with Crippen molar-refractivity contribution in [2.45, 2.75) is 40.5 Å². The molecule has 0 radical (unpaired) electrons. The summed E-state index contributed by atoms with van der Waals surface area (Å²) in [5.41, 5.74) is 4.47. The summed E-state index contributed by atoms with van der Waals surface area (Å²) in [5.74, 6) is 0.566. The van der Waals surface area contributed by atoms with E-state index in [1.807, 2.05) is 25.2 Å². The van der Waals surface area contributed by atoms with Gasteiger partial charge in [0.2, 0.25) is 0 Å². The van der Waals surface area contributed by atoms with Crippen LogP contribution in [0.3, 0.4) is 0 Å². The fourth-order valence-corrected chi connectivity index (χ4v) is 3.50. The molecule has 0 spiro atoms. The number of hydrogen-bond donors (Lipinski definition) is 2. The van der Waals surface area contributed by atoms with E-state index in [9.17, 15) is 9.59 Å².